The second-order valence-electron chi connectivity index (χ2n) is 8.20. The van der Waals surface area contributed by atoms with Gasteiger partial charge in [-0.05, 0) is 73.2 Å². The van der Waals surface area contributed by atoms with E-state index in [-0.39, 0.29) is 11.2 Å². The van der Waals surface area contributed by atoms with Gasteiger partial charge in [-0.3, -0.25) is 9.69 Å². The Morgan fingerprint density at radius 2 is 1.42 bits per heavy atom. The van der Waals surface area contributed by atoms with Crippen molar-refractivity contribution in [3.8, 4) is 0 Å². The molecule has 0 saturated heterocycles. The van der Waals surface area contributed by atoms with Gasteiger partial charge >= 0.3 is 0 Å². The fourth-order valence-corrected chi connectivity index (χ4v) is 6.37. The SMILES string of the molecule is CCC(Sc1cccc(NC(=S)Nc2ccccc2)c1)C(=O)N1c2ccccc2Sc2ccccc21. The average Bonchev–Trinajstić information content (AvgIpc) is 2.90. The Balaban J connectivity index is 1.34. The molecule has 5 rings (SSSR count). The van der Waals surface area contributed by atoms with E-state index in [1.165, 1.54) is 0 Å². The van der Waals surface area contributed by atoms with Gasteiger partial charge in [-0.25, -0.2) is 0 Å². The van der Waals surface area contributed by atoms with Gasteiger partial charge in [-0.1, -0.05) is 67.2 Å². The highest BCUT2D eigenvalue weighted by atomic mass is 32.2. The van der Waals surface area contributed by atoms with Gasteiger partial charge in [0.05, 0.1) is 16.6 Å². The van der Waals surface area contributed by atoms with Crippen LogP contribution in [0.15, 0.2) is 118 Å². The Hall–Kier alpha value is -3.26. The van der Waals surface area contributed by atoms with Crippen LogP contribution in [0.5, 0.6) is 0 Å². The van der Waals surface area contributed by atoms with Crippen LogP contribution in [0.4, 0.5) is 22.7 Å². The van der Waals surface area contributed by atoms with Crippen LogP contribution in [-0.4, -0.2) is 16.3 Å². The van der Waals surface area contributed by atoms with Crippen LogP contribution in [-0.2, 0) is 4.79 Å². The van der Waals surface area contributed by atoms with Crippen LogP contribution in [0.1, 0.15) is 13.3 Å². The summed E-state index contributed by atoms with van der Waals surface area (Å²) in [6, 6.07) is 34.1. The number of hydrogen-bond acceptors (Lipinski definition) is 4. The van der Waals surface area contributed by atoms with Crippen molar-refractivity contribution in [2.45, 2.75) is 33.3 Å². The summed E-state index contributed by atoms with van der Waals surface area (Å²) in [5, 5.41) is 6.72. The van der Waals surface area contributed by atoms with Gasteiger partial charge in [0.25, 0.3) is 0 Å². The maximum Gasteiger partial charge on any atom is 0.245 e. The molecule has 2 N–H and O–H groups in total. The minimum Gasteiger partial charge on any atom is -0.332 e. The van der Waals surface area contributed by atoms with Crippen molar-refractivity contribution in [2.24, 2.45) is 0 Å². The molecule has 0 fully saturated rings. The fourth-order valence-electron chi connectivity index (χ4n) is 4.02. The third kappa shape index (κ3) is 5.43. The summed E-state index contributed by atoms with van der Waals surface area (Å²) in [6.45, 7) is 2.06. The molecular formula is C29H25N3OS3. The fraction of sp³-hybridized carbons (Fsp3) is 0.103. The minimum absolute atomic E-state index is 0.0855. The van der Waals surface area contributed by atoms with Crippen LogP contribution in [0.3, 0.4) is 0 Å². The largest absolute Gasteiger partial charge is 0.332 e. The molecule has 4 aromatic rings. The maximum atomic E-state index is 14.0. The molecule has 0 saturated carbocycles. The van der Waals surface area contributed by atoms with Gasteiger partial charge in [0.2, 0.25) is 5.91 Å². The molecule has 1 aliphatic heterocycles. The Morgan fingerprint density at radius 3 is 2.08 bits per heavy atom. The lowest BCUT2D eigenvalue weighted by Gasteiger charge is -2.33. The minimum atomic E-state index is -0.237. The van der Waals surface area contributed by atoms with E-state index in [2.05, 4.69) is 29.7 Å². The van der Waals surface area contributed by atoms with Crippen molar-refractivity contribution >= 4 is 69.5 Å². The first-order chi connectivity index (χ1) is 17.6. The summed E-state index contributed by atoms with van der Waals surface area (Å²) in [4.78, 5) is 19.1. The zero-order chi connectivity index (χ0) is 24.9. The van der Waals surface area contributed by atoms with Crippen molar-refractivity contribution in [3.63, 3.8) is 0 Å². The molecule has 1 amide bonds. The summed E-state index contributed by atoms with van der Waals surface area (Å²) in [6.07, 6.45) is 0.711. The van der Waals surface area contributed by atoms with E-state index in [9.17, 15) is 4.79 Å². The molecule has 1 heterocycles. The van der Waals surface area contributed by atoms with Gasteiger partial charge in [0.1, 0.15) is 0 Å². The quantitative estimate of drug-likeness (QED) is 0.195. The summed E-state index contributed by atoms with van der Waals surface area (Å²) >= 11 is 8.77. The summed E-state index contributed by atoms with van der Waals surface area (Å²) < 4.78 is 0. The molecule has 36 heavy (non-hydrogen) atoms. The van der Waals surface area contributed by atoms with Crippen molar-refractivity contribution in [1.29, 1.82) is 0 Å². The molecule has 7 heteroatoms. The van der Waals surface area contributed by atoms with Crippen molar-refractivity contribution in [1.82, 2.24) is 0 Å². The first-order valence-corrected chi connectivity index (χ1v) is 13.8. The van der Waals surface area contributed by atoms with E-state index >= 15 is 0 Å². The first kappa shape index (κ1) is 24.4. The second kappa shape index (κ2) is 11.2. The lowest BCUT2D eigenvalue weighted by Crippen LogP contribution is -2.35. The Kier molecular flexibility index (Phi) is 7.60. The van der Waals surface area contributed by atoms with E-state index in [0.29, 0.717) is 11.5 Å². The topological polar surface area (TPSA) is 44.4 Å². The summed E-state index contributed by atoms with van der Waals surface area (Å²) in [5.41, 5.74) is 3.69. The molecular weight excluding hydrogens is 503 g/mol. The van der Waals surface area contributed by atoms with Crippen molar-refractivity contribution in [2.75, 3.05) is 15.5 Å². The second-order valence-corrected chi connectivity index (χ2v) is 11.0. The van der Waals surface area contributed by atoms with Crippen LogP contribution >= 0.6 is 35.7 Å². The van der Waals surface area contributed by atoms with E-state index < -0.39 is 0 Å². The standard InChI is InChI=1S/C29H25N3OS3/c1-2-25(28(33)32-23-15-6-8-17-26(23)36-27-18-9-7-16-24(27)32)35-22-14-10-13-21(19-22)31-29(34)30-20-11-4-3-5-12-20/h3-19,25H,2H2,1H3,(H2,30,31,34). The molecule has 1 aliphatic rings. The lowest BCUT2D eigenvalue weighted by atomic mass is 10.2. The number of hydrogen-bond donors (Lipinski definition) is 2. The number of amides is 1. The molecule has 0 radical (unpaired) electrons. The van der Waals surface area contributed by atoms with E-state index in [1.54, 1.807) is 23.5 Å². The normalized spacial score (nSPS) is 12.8. The highest BCUT2D eigenvalue weighted by Crippen LogP contribution is 2.48. The number of anilines is 4. The van der Waals surface area contributed by atoms with Crippen molar-refractivity contribution in [3.05, 3.63) is 103 Å². The molecule has 0 aliphatic carbocycles. The van der Waals surface area contributed by atoms with Crippen LogP contribution in [0, 0.1) is 0 Å². The molecule has 0 spiro atoms. The molecule has 0 bridgehead atoms. The predicted octanol–water partition coefficient (Wildman–Crippen LogP) is 8.20. The van der Waals surface area contributed by atoms with E-state index in [4.69, 9.17) is 12.2 Å². The monoisotopic (exact) mass is 527 g/mol. The number of rotatable bonds is 6. The smallest absolute Gasteiger partial charge is 0.245 e. The number of thiocarbonyl (C=S) groups is 1. The molecule has 1 atom stereocenters. The number of thioether (sulfide) groups is 1. The van der Waals surface area contributed by atoms with Gasteiger partial charge in [0.15, 0.2) is 5.11 Å². The molecule has 180 valence electrons. The molecule has 0 aromatic heterocycles. The van der Waals surface area contributed by atoms with Gasteiger partial charge < -0.3 is 10.6 Å². The van der Waals surface area contributed by atoms with Gasteiger partial charge in [-0.15, -0.1) is 11.8 Å². The Labute approximate surface area is 225 Å². The van der Waals surface area contributed by atoms with Crippen LogP contribution in [0.2, 0.25) is 0 Å². The number of nitrogens with one attached hydrogen (secondary N) is 2. The summed E-state index contributed by atoms with van der Waals surface area (Å²) in [5.74, 6) is 0.0855. The highest BCUT2D eigenvalue weighted by molar-refractivity contribution is 8.00. The molecule has 4 aromatic carbocycles. The van der Waals surface area contributed by atoms with E-state index in [0.717, 1.165) is 37.4 Å². The number of para-hydroxylation sites is 3. The lowest BCUT2D eigenvalue weighted by molar-refractivity contribution is -0.117. The number of carbonyl (C=O) groups is 1. The zero-order valence-corrected chi connectivity index (χ0v) is 22.1. The van der Waals surface area contributed by atoms with Gasteiger partial charge in [0, 0.05) is 26.1 Å². The maximum absolute atomic E-state index is 14.0. The summed E-state index contributed by atoms with van der Waals surface area (Å²) in [7, 11) is 0. The molecule has 4 nitrogen and oxygen atoms in total. The predicted molar refractivity (Wildman–Crippen MR) is 157 cm³/mol. The van der Waals surface area contributed by atoms with E-state index in [1.807, 2.05) is 95.9 Å². The number of nitrogens with zero attached hydrogens (tertiary/aromatic N) is 1. The number of fused-ring (bicyclic) bond motifs is 2. The van der Waals surface area contributed by atoms with Crippen LogP contribution in [0.25, 0.3) is 0 Å². The first-order valence-electron chi connectivity index (χ1n) is 11.7. The number of benzene rings is 4. The average molecular weight is 528 g/mol. The molecule has 1 unspecified atom stereocenters. The van der Waals surface area contributed by atoms with Gasteiger partial charge in [-0.2, -0.15) is 0 Å². The number of carbonyl (C=O) groups excluding carboxylic acids is 1. The Morgan fingerprint density at radius 1 is 0.833 bits per heavy atom. The third-order valence-electron chi connectivity index (χ3n) is 5.70. The Bertz CT molecular complexity index is 1350. The van der Waals surface area contributed by atoms with Crippen molar-refractivity contribution < 1.29 is 4.79 Å². The van der Waals surface area contributed by atoms with Crippen LogP contribution < -0.4 is 15.5 Å². The third-order valence-corrected chi connectivity index (χ3v) is 8.38. The highest BCUT2D eigenvalue weighted by Gasteiger charge is 2.32. The zero-order valence-electron chi connectivity index (χ0n) is 19.7.